The molecule has 0 spiro atoms. The van der Waals surface area contributed by atoms with Crippen LogP contribution in [0.2, 0.25) is 0 Å². The minimum absolute atomic E-state index is 0.394. The second kappa shape index (κ2) is 7.59. The van der Waals surface area contributed by atoms with Crippen molar-refractivity contribution in [2.24, 2.45) is 62.6 Å². The van der Waals surface area contributed by atoms with Crippen LogP contribution in [0.25, 0.3) is 0 Å². The van der Waals surface area contributed by atoms with E-state index in [2.05, 4.69) is 48.5 Å². The molecule has 33 heavy (non-hydrogen) atoms. The van der Waals surface area contributed by atoms with Crippen LogP contribution < -0.4 is 0 Å². The monoisotopic (exact) mass is 454 g/mol. The Morgan fingerprint density at radius 3 is 1.97 bits per heavy atom. The van der Waals surface area contributed by atoms with Gasteiger partial charge in [-0.15, -0.1) is 0 Å². The molecule has 0 unspecified atom stereocenters. The lowest BCUT2D eigenvalue weighted by atomic mass is 9.32. The standard InChI is InChI=1S/C32H54O/c1-21(20-22(2)33)23-12-17-29(5)24(23)13-18-31(7)26(29)10-11-27-30(6)16-9-15-28(3,4)25(30)14-19-32(27,31)8/h21,23-27H,9-20H2,1-8H3/t21-,23+,24-,25-,26+,27+,29-,30-,31+,32+/m0/s1. The Hall–Kier alpha value is -0.330. The van der Waals surface area contributed by atoms with Crippen molar-refractivity contribution in [1.82, 2.24) is 0 Å². The fraction of sp³-hybridized carbons (Fsp3) is 0.969. The molecule has 0 aromatic heterocycles. The van der Waals surface area contributed by atoms with Gasteiger partial charge >= 0.3 is 0 Å². The number of hydrogen-bond acceptors (Lipinski definition) is 1. The first-order valence-corrected chi connectivity index (χ1v) is 14.8. The highest BCUT2D eigenvalue weighted by Gasteiger charge is 2.70. The third kappa shape index (κ3) is 3.18. The molecule has 5 fully saturated rings. The van der Waals surface area contributed by atoms with E-state index in [-0.39, 0.29) is 0 Å². The molecule has 0 heterocycles. The maximum absolute atomic E-state index is 11.9. The van der Waals surface area contributed by atoms with Gasteiger partial charge in [0.25, 0.3) is 0 Å². The molecule has 0 aromatic rings. The third-order valence-electron chi connectivity index (χ3n) is 14.1. The van der Waals surface area contributed by atoms with E-state index >= 15 is 0 Å². The second-order valence-electron chi connectivity index (χ2n) is 15.7. The summed E-state index contributed by atoms with van der Waals surface area (Å²) in [5.41, 5.74) is 2.58. The zero-order valence-electron chi connectivity index (χ0n) is 23.4. The van der Waals surface area contributed by atoms with Crippen LogP contribution in [-0.2, 0) is 4.79 Å². The molecule has 0 aromatic carbocycles. The third-order valence-corrected chi connectivity index (χ3v) is 14.1. The van der Waals surface area contributed by atoms with Gasteiger partial charge in [0.2, 0.25) is 0 Å². The predicted octanol–water partition coefficient (Wildman–Crippen LogP) is 9.09. The van der Waals surface area contributed by atoms with Crippen LogP contribution in [0.1, 0.15) is 132 Å². The Labute approximate surface area is 205 Å². The molecule has 1 nitrogen and oxygen atoms in total. The van der Waals surface area contributed by atoms with Gasteiger partial charge in [0.05, 0.1) is 0 Å². The molecule has 5 aliphatic rings. The molecule has 5 aliphatic carbocycles. The minimum atomic E-state index is 0.394. The topological polar surface area (TPSA) is 17.1 Å². The second-order valence-corrected chi connectivity index (χ2v) is 15.7. The summed E-state index contributed by atoms with van der Waals surface area (Å²) in [7, 11) is 0. The van der Waals surface area contributed by atoms with Crippen molar-refractivity contribution in [3.8, 4) is 0 Å². The summed E-state index contributed by atoms with van der Waals surface area (Å²) >= 11 is 0. The maximum Gasteiger partial charge on any atom is 0.130 e. The zero-order valence-corrected chi connectivity index (χ0v) is 23.4. The van der Waals surface area contributed by atoms with E-state index in [1.807, 2.05) is 0 Å². The summed E-state index contributed by atoms with van der Waals surface area (Å²) in [6, 6.07) is 0. The van der Waals surface area contributed by atoms with Crippen LogP contribution in [0.5, 0.6) is 0 Å². The van der Waals surface area contributed by atoms with Gasteiger partial charge in [0.15, 0.2) is 0 Å². The lowest BCUT2D eigenvalue weighted by molar-refractivity contribution is -0.241. The van der Waals surface area contributed by atoms with Gasteiger partial charge in [-0.05, 0) is 134 Å². The Kier molecular flexibility index (Phi) is 5.60. The van der Waals surface area contributed by atoms with E-state index in [0.29, 0.717) is 38.8 Å². The molecule has 0 saturated heterocycles. The van der Waals surface area contributed by atoms with Crippen LogP contribution in [-0.4, -0.2) is 5.78 Å². The lowest BCUT2D eigenvalue weighted by Gasteiger charge is -2.73. The summed E-state index contributed by atoms with van der Waals surface area (Å²) in [4.78, 5) is 11.9. The van der Waals surface area contributed by atoms with Crippen molar-refractivity contribution in [3.63, 3.8) is 0 Å². The average molecular weight is 455 g/mol. The number of rotatable bonds is 3. The van der Waals surface area contributed by atoms with Gasteiger partial charge in [-0.3, -0.25) is 0 Å². The Bertz CT molecular complexity index is 796. The number of ketones is 1. The molecular weight excluding hydrogens is 400 g/mol. The first-order chi connectivity index (χ1) is 15.3. The van der Waals surface area contributed by atoms with Crippen LogP contribution in [0.3, 0.4) is 0 Å². The lowest BCUT2D eigenvalue weighted by Crippen LogP contribution is -2.65. The van der Waals surface area contributed by atoms with Crippen molar-refractivity contribution in [1.29, 1.82) is 0 Å². The first-order valence-electron chi connectivity index (χ1n) is 14.8. The van der Waals surface area contributed by atoms with Crippen LogP contribution in [0, 0.1) is 62.6 Å². The predicted molar refractivity (Wildman–Crippen MR) is 139 cm³/mol. The maximum atomic E-state index is 11.9. The van der Waals surface area contributed by atoms with Crippen molar-refractivity contribution in [3.05, 3.63) is 0 Å². The van der Waals surface area contributed by atoms with Gasteiger partial charge in [0, 0.05) is 6.42 Å². The molecule has 5 saturated carbocycles. The Morgan fingerprint density at radius 1 is 0.727 bits per heavy atom. The van der Waals surface area contributed by atoms with Gasteiger partial charge in [-0.25, -0.2) is 0 Å². The highest BCUT2D eigenvalue weighted by molar-refractivity contribution is 5.75. The molecule has 0 bridgehead atoms. The summed E-state index contributed by atoms with van der Waals surface area (Å²) in [5, 5.41) is 0. The smallest absolute Gasteiger partial charge is 0.130 e. The highest BCUT2D eigenvalue weighted by Crippen LogP contribution is 2.78. The summed E-state index contributed by atoms with van der Waals surface area (Å²) < 4.78 is 0. The normalized spacial score (nSPS) is 53.9. The quantitative estimate of drug-likeness (QED) is 0.415. The zero-order chi connectivity index (χ0) is 24.0. The van der Waals surface area contributed by atoms with E-state index in [0.717, 1.165) is 36.0 Å². The van der Waals surface area contributed by atoms with Crippen LogP contribution in [0.15, 0.2) is 0 Å². The Morgan fingerprint density at radius 2 is 1.33 bits per heavy atom. The molecule has 1 heteroatoms. The summed E-state index contributed by atoms with van der Waals surface area (Å²) in [6.07, 6.45) is 16.7. The van der Waals surface area contributed by atoms with E-state index in [1.165, 1.54) is 70.6 Å². The van der Waals surface area contributed by atoms with Crippen molar-refractivity contribution >= 4 is 5.78 Å². The minimum Gasteiger partial charge on any atom is -0.300 e. The summed E-state index contributed by atoms with van der Waals surface area (Å²) in [5.74, 6) is 5.32. The average Bonchev–Trinajstić information content (AvgIpc) is 3.04. The van der Waals surface area contributed by atoms with E-state index in [9.17, 15) is 4.79 Å². The number of carbonyl (C=O) groups is 1. The van der Waals surface area contributed by atoms with Crippen molar-refractivity contribution < 1.29 is 4.79 Å². The largest absolute Gasteiger partial charge is 0.300 e. The molecule has 10 atom stereocenters. The van der Waals surface area contributed by atoms with Crippen molar-refractivity contribution in [2.75, 3.05) is 0 Å². The summed E-state index contributed by atoms with van der Waals surface area (Å²) in [6.45, 7) is 20.4. The van der Waals surface area contributed by atoms with E-state index in [1.54, 1.807) is 6.92 Å². The number of fused-ring (bicyclic) bond motifs is 7. The molecule has 5 rings (SSSR count). The van der Waals surface area contributed by atoms with Gasteiger partial charge < -0.3 is 4.79 Å². The number of Topliss-reactive ketones (excluding diaryl/α,β-unsaturated/α-hetero) is 1. The first kappa shape index (κ1) is 24.4. The van der Waals surface area contributed by atoms with E-state index < -0.39 is 0 Å². The molecule has 188 valence electrons. The van der Waals surface area contributed by atoms with Gasteiger partial charge in [0.1, 0.15) is 5.78 Å². The fourth-order valence-electron chi connectivity index (χ4n) is 12.6. The SMILES string of the molecule is CC(=O)C[C@H](C)[C@H]1CC[C@]2(C)[C@H]3CC[C@@H]4[C@@]5(C)CCCC(C)(C)[C@@H]5CC[C@@]4(C)[C@]3(C)CC[C@@H]12. The van der Waals surface area contributed by atoms with E-state index in [4.69, 9.17) is 0 Å². The molecule has 0 aliphatic heterocycles. The van der Waals surface area contributed by atoms with Gasteiger partial charge in [-0.1, -0.05) is 54.9 Å². The molecule has 0 amide bonds. The van der Waals surface area contributed by atoms with Crippen molar-refractivity contribution in [2.45, 2.75) is 132 Å². The van der Waals surface area contributed by atoms with Gasteiger partial charge in [-0.2, -0.15) is 0 Å². The highest BCUT2D eigenvalue weighted by atomic mass is 16.1. The molecule has 0 N–H and O–H groups in total. The number of carbonyl (C=O) groups excluding carboxylic acids is 1. The van der Waals surface area contributed by atoms with Crippen LogP contribution >= 0.6 is 0 Å². The molecule has 0 radical (unpaired) electrons. The fourth-order valence-corrected chi connectivity index (χ4v) is 12.6. The van der Waals surface area contributed by atoms with Crippen LogP contribution in [0.4, 0.5) is 0 Å². The number of hydrogen-bond donors (Lipinski definition) is 0. The molecular formula is C32H54O. The Balaban J connectivity index is 1.46.